The molecule has 7 nitrogen and oxygen atoms in total. The van der Waals surface area contributed by atoms with Gasteiger partial charge in [0.05, 0.1) is 5.71 Å². The fourth-order valence-electron chi connectivity index (χ4n) is 3.31. The molecule has 0 saturated heterocycles. The Morgan fingerprint density at radius 1 is 1.44 bits per heavy atom. The first-order chi connectivity index (χ1) is 12.8. The number of carbonyl (C=O) groups is 1. The summed E-state index contributed by atoms with van der Waals surface area (Å²) in [6.07, 6.45) is 4.87. The van der Waals surface area contributed by atoms with Gasteiger partial charge in [-0.1, -0.05) is 19.9 Å². The molecule has 2 heterocycles. The van der Waals surface area contributed by atoms with Crippen molar-refractivity contribution >= 4 is 28.9 Å². The number of nitrogens with one attached hydrogen (secondary N) is 2. The smallest absolute Gasteiger partial charge is 0.287 e. The first kappa shape index (κ1) is 19.0. The van der Waals surface area contributed by atoms with Gasteiger partial charge >= 0.3 is 0 Å². The van der Waals surface area contributed by atoms with Gasteiger partial charge in [-0.3, -0.25) is 15.2 Å². The largest absolute Gasteiger partial charge is 0.455 e. The number of hydrogen-bond donors (Lipinski definition) is 3. The van der Waals surface area contributed by atoms with Crippen LogP contribution >= 0.6 is 12.2 Å². The minimum atomic E-state index is -0.259. The van der Waals surface area contributed by atoms with Gasteiger partial charge in [0.15, 0.2) is 10.9 Å². The summed E-state index contributed by atoms with van der Waals surface area (Å²) < 4.78 is 5.96. The van der Waals surface area contributed by atoms with Crippen LogP contribution in [0.15, 0.2) is 34.0 Å². The van der Waals surface area contributed by atoms with E-state index >= 15 is 0 Å². The third kappa shape index (κ3) is 4.33. The molecular weight excluding hydrogens is 362 g/mol. The van der Waals surface area contributed by atoms with Crippen molar-refractivity contribution in [2.24, 2.45) is 16.3 Å². The van der Waals surface area contributed by atoms with E-state index in [-0.39, 0.29) is 16.4 Å². The van der Waals surface area contributed by atoms with E-state index in [1.807, 2.05) is 19.1 Å². The summed E-state index contributed by atoms with van der Waals surface area (Å²) in [7, 11) is 0. The summed E-state index contributed by atoms with van der Waals surface area (Å²) in [5.74, 6) is 0.814. The van der Waals surface area contributed by atoms with Crippen molar-refractivity contribution in [3.05, 3.63) is 52.7 Å². The van der Waals surface area contributed by atoms with Crippen LogP contribution in [0, 0.1) is 12.3 Å². The van der Waals surface area contributed by atoms with Gasteiger partial charge in [0.2, 0.25) is 0 Å². The Kier molecular flexibility index (Phi) is 5.27. The second-order valence-corrected chi connectivity index (χ2v) is 7.89. The van der Waals surface area contributed by atoms with Crippen LogP contribution in [0.25, 0.3) is 0 Å². The number of amides is 1. The predicted octanol–water partition coefficient (Wildman–Crippen LogP) is 2.42. The van der Waals surface area contributed by atoms with Gasteiger partial charge in [-0.25, -0.2) is 0 Å². The van der Waals surface area contributed by atoms with Gasteiger partial charge in [-0.2, -0.15) is 5.10 Å². The second kappa shape index (κ2) is 7.48. The van der Waals surface area contributed by atoms with Crippen molar-refractivity contribution in [2.75, 3.05) is 0 Å². The van der Waals surface area contributed by atoms with Crippen LogP contribution in [0.5, 0.6) is 0 Å². The first-order valence-corrected chi connectivity index (χ1v) is 9.09. The van der Waals surface area contributed by atoms with E-state index < -0.39 is 0 Å². The lowest BCUT2D eigenvalue weighted by Crippen LogP contribution is -2.31. The minimum absolute atomic E-state index is 0.0442. The maximum Gasteiger partial charge on any atom is 0.287 e. The molecule has 0 radical (unpaired) electrons. The van der Waals surface area contributed by atoms with Crippen LogP contribution in [0.4, 0.5) is 0 Å². The summed E-state index contributed by atoms with van der Waals surface area (Å²) in [4.78, 5) is 16.7. The van der Waals surface area contributed by atoms with E-state index in [2.05, 4.69) is 34.7 Å². The Morgan fingerprint density at radius 2 is 2.22 bits per heavy atom. The number of carbonyl (C=O) groups excluding carboxylic acids is 1. The molecular formula is C19H23N5O2S. The van der Waals surface area contributed by atoms with Gasteiger partial charge in [-0.15, -0.1) is 0 Å². The lowest BCUT2D eigenvalue weighted by atomic mass is 9.75. The highest BCUT2D eigenvalue weighted by molar-refractivity contribution is 7.80. The normalized spacial score (nSPS) is 16.6. The zero-order valence-electron chi connectivity index (χ0n) is 15.6. The second-order valence-electron chi connectivity index (χ2n) is 7.45. The SMILES string of the molecule is Cc1c(C(=O)NCc2cccnc2)oc2c1/C(=N\NC(N)=S)CC(C)(C)C2. The number of furan rings is 1. The minimum Gasteiger partial charge on any atom is -0.455 e. The third-order valence-corrected chi connectivity index (χ3v) is 4.57. The van der Waals surface area contributed by atoms with Crippen molar-refractivity contribution in [3.8, 4) is 0 Å². The summed E-state index contributed by atoms with van der Waals surface area (Å²) >= 11 is 4.85. The van der Waals surface area contributed by atoms with Crippen LogP contribution in [-0.2, 0) is 13.0 Å². The van der Waals surface area contributed by atoms with Crippen molar-refractivity contribution in [3.63, 3.8) is 0 Å². The Morgan fingerprint density at radius 3 is 2.89 bits per heavy atom. The van der Waals surface area contributed by atoms with Gasteiger partial charge < -0.3 is 15.5 Å². The molecule has 0 spiro atoms. The Labute approximate surface area is 163 Å². The van der Waals surface area contributed by atoms with Gasteiger partial charge in [-0.05, 0) is 42.6 Å². The van der Waals surface area contributed by atoms with Crippen molar-refractivity contribution < 1.29 is 9.21 Å². The van der Waals surface area contributed by atoms with Gasteiger partial charge in [0, 0.05) is 36.5 Å². The molecule has 0 bridgehead atoms. The number of nitrogens with zero attached hydrogens (tertiary/aromatic N) is 2. The van der Waals surface area contributed by atoms with Crippen molar-refractivity contribution in [1.29, 1.82) is 0 Å². The van der Waals surface area contributed by atoms with Crippen LogP contribution in [0.3, 0.4) is 0 Å². The molecule has 0 unspecified atom stereocenters. The molecule has 2 aromatic heterocycles. The van der Waals surface area contributed by atoms with Crippen LogP contribution < -0.4 is 16.5 Å². The topological polar surface area (TPSA) is 106 Å². The number of hydrogen-bond acceptors (Lipinski definition) is 5. The number of fused-ring (bicyclic) bond motifs is 1. The molecule has 0 saturated carbocycles. The van der Waals surface area contributed by atoms with Crippen molar-refractivity contribution in [1.82, 2.24) is 15.7 Å². The Hall–Kier alpha value is -2.74. The van der Waals surface area contributed by atoms with Crippen LogP contribution in [-0.4, -0.2) is 21.7 Å². The maximum absolute atomic E-state index is 12.7. The number of thiocarbonyl (C=S) groups is 1. The van der Waals surface area contributed by atoms with Crippen molar-refractivity contribution in [2.45, 2.75) is 40.2 Å². The lowest BCUT2D eigenvalue weighted by molar-refractivity contribution is 0.0919. The molecule has 27 heavy (non-hydrogen) atoms. The average Bonchev–Trinajstić information content (AvgIpc) is 2.93. The van der Waals surface area contributed by atoms with E-state index in [0.717, 1.165) is 41.0 Å². The molecule has 142 valence electrons. The molecule has 2 aromatic rings. The van der Waals surface area contributed by atoms with E-state index in [4.69, 9.17) is 22.4 Å². The zero-order valence-corrected chi connectivity index (χ0v) is 16.4. The first-order valence-electron chi connectivity index (χ1n) is 8.68. The quantitative estimate of drug-likeness (QED) is 0.551. The summed E-state index contributed by atoms with van der Waals surface area (Å²) in [6.45, 7) is 6.52. The molecule has 4 N–H and O–H groups in total. The molecule has 0 aromatic carbocycles. The van der Waals surface area contributed by atoms with E-state index in [1.54, 1.807) is 12.4 Å². The Bertz CT molecular complexity index is 902. The predicted molar refractivity (Wildman–Crippen MR) is 107 cm³/mol. The third-order valence-electron chi connectivity index (χ3n) is 4.48. The summed E-state index contributed by atoms with van der Waals surface area (Å²) in [5.41, 5.74) is 11.5. The fourth-order valence-corrected chi connectivity index (χ4v) is 3.36. The van der Waals surface area contributed by atoms with E-state index in [9.17, 15) is 4.79 Å². The molecule has 0 atom stereocenters. The molecule has 1 amide bonds. The molecule has 0 aliphatic heterocycles. The lowest BCUT2D eigenvalue weighted by Gasteiger charge is -2.29. The van der Waals surface area contributed by atoms with Gasteiger partial charge in [0.1, 0.15) is 5.76 Å². The molecule has 0 fully saturated rings. The van der Waals surface area contributed by atoms with E-state index in [0.29, 0.717) is 12.3 Å². The highest BCUT2D eigenvalue weighted by Gasteiger charge is 2.36. The average molecular weight is 385 g/mol. The highest BCUT2D eigenvalue weighted by Crippen LogP contribution is 2.38. The highest BCUT2D eigenvalue weighted by atomic mass is 32.1. The summed E-state index contributed by atoms with van der Waals surface area (Å²) in [6, 6.07) is 3.74. The summed E-state index contributed by atoms with van der Waals surface area (Å²) in [5, 5.41) is 7.33. The number of nitrogens with two attached hydrogens (primary N) is 1. The number of rotatable bonds is 4. The number of aromatic nitrogens is 1. The van der Waals surface area contributed by atoms with Gasteiger partial charge in [0.25, 0.3) is 5.91 Å². The van der Waals surface area contributed by atoms with Crippen LogP contribution in [0.1, 0.15) is 53.3 Å². The fraction of sp³-hybridized carbons (Fsp3) is 0.368. The van der Waals surface area contributed by atoms with Crippen LogP contribution in [0.2, 0.25) is 0 Å². The zero-order chi connectivity index (χ0) is 19.6. The molecule has 1 aliphatic carbocycles. The maximum atomic E-state index is 12.7. The molecule has 3 rings (SSSR count). The Balaban J connectivity index is 1.88. The molecule has 1 aliphatic rings. The van der Waals surface area contributed by atoms with E-state index in [1.165, 1.54) is 0 Å². The monoisotopic (exact) mass is 385 g/mol. The molecule has 8 heteroatoms. The number of hydrazone groups is 1. The standard InChI is InChI=1S/C19H23N5O2S/c1-11-15-13(23-24-18(20)27)7-19(2,3)8-14(15)26-16(11)17(25)22-10-12-5-4-6-21-9-12/h4-6,9H,7-8,10H2,1-3H3,(H,22,25)(H3,20,24,27)/b23-13-. The number of pyridine rings is 1.